The van der Waals surface area contributed by atoms with Crippen LogP contribution >= 0.6 is 0 Å². The lowest BCUT2D eigenvalue weighted by molar-refractivity contribution is -0.143. The Balaban J connectivity index is 4.07. The lowest BCUT2D eigenvalue weighted by Gasteiger charge is -2.13. The van der Waals surface area contributed by atoms with E-state index < -0.39 is 18.0 Å². The highest BCUT2D eigenvalue weighted by atomic mass is 16.4. The molecule has 0 heterocycles. The van der Waals surface area contributed by atoms with E-state index >= 15 is 0 Å². The molecule has 2 atom stereocenters. The van der Waals surface area contributed by atoms with E-state index in [1.54, 1.807) is 6.92 Å². The molecule has 0 rings (SSSR count). The van der Waals surface area contributed by atoms with Gasteiger partial charge < -0.3 is 10.2 Å². The summed E-state index contributed by atoms with van der Waals surface area (Å²) in [5, 5.41) is 17.5. The minimum atomic E-state index is -1.00. The molecular formula is C7H12O3. The Morgan fingerprint density at radius 2 is 2.00 bits per heavy atom. The van der Waals surface area contributed by atoms with Crippen LogP contribution in [0.2, 0.25) is 0 Å². The summed E-state index contributed by atoms with van der Waals surface area (Å²) in [7, 11) is 0. The molecule has 0 saturated heterocycles. The number of aliphatic carboxylic acids is 1. The monoisotopic (exact) mass is 144 g/mol. The zero-order valence-electron chi connectivity index (χ0n) is 6.16. The molecule has 0 radical (unpaired) electrons. The van der Waals surface area contributed by atoms with Crippen LogP contribution in [0.4, 0.5) is 0 Å². The number of rotatable bonds is 3. The summed E-state index contributed by atoms with van der Waals surface area (Å²) in [5.41, 5.74) is 0.481. The zero-order valence-corrected chi connectivity index (χ0v) is 6.16. The number of hydrogen-bond donors (Lipinski definition) is 2. The van der Waals surface area contributed by atoms with Crippen LogP contribution in [0.1, 0.15) is 13.8 Å². The number of aliphatic hydroxyl groups is 1. The Bertz CT molecular complexity index is 133. The van der Waals surface area contributed by atoms with Crippen LogP contribution in [0, 0.1) is 5.92 Å². The van der Waals surface area contributed by atoms with Crippen molar-refractivity contribution in [3.05, 3.63) is 12.2 Å². The van der Waals surface area contributed by atoms with Crippen molar-refractivity contribution in [2.45, 2.75) is 20.0 Å². The maximum Gasteiger partial charge on any atom is 0.309 e. The second-order valence-electron chi connectivity index (χ2n) is 2.42. The van der Waals surface area contributed by atoms with Gasteiger partial charge in [-0.15, -0.1) is 0 Å². The summed E-state index contributed by atoms with van der Waals surface area (Å²) in [6.07, 6.45) is -0.933. The summed E-state index contributed by atoms with van der Waals surface area (Å²) < 4.78 is 0. The van der Waals surface area contributed by atoms with Crippen LogP contribution in [-0.4, -0.2) is 22.3 Å². The van der Waals surface area contributed by atoms with Gasteiger partial charge >= 0.3 is 5.97 Å². The fraction of sp³-hybridized carbons (Fsp3) is 0.571. The van der Waals surface area contributed by atoms with Crippen LogP contribution in [0.25, 0.3) is 0 Å². The van der Waals surface area contributed by atoms with E-state index in [0.717, 1.165) is 0 Å². The third-order valence-electron chi connectivity index (χ3n) is 1.37. The van der Waals surface area contributed by atoms with E-state index in [9.17, 15) is 4.79 Å². The fourth-order valence-electron chi connectivity index (χ4n) is 0.562. The molecular weight excluding hydrogens is 132 g/mol. The van der Waals surface area contributed by atoms with Crippen LogP contribution in [0.15, 0.2) is 12.2 Å². The molecule has 0 aliphatic rings. The SMILES string of the molecule is C=C(C)[C@@H](O)[C@H](C)C(=O)O. The maximum atomic E-state index is 10.2. The topological polar surface area (TPSA) is 57.5 Å². The highest BCUT2D eigenvalue weighted by molar-refractivity contribution is 5.70. The second kappa shape index (κ2) is 3.37. The standard InChI is InChI=1S/C7H12O3/c1-4(2)6(8)5(3)7(9)10/h5-6,8H,1H2,2-3H3,(H,9,10)/t5-,6+/m0/s1. The van der Waals surface area contributed by atoms with Crippen LogP contribution < -0.4 is 0 Å². The average Bonchev–Trinajstić information content (AvgIpc) is 1.84. The number of carboxylic acids is 1. The summed E-state index contributed by atoms with van der Waals surface area (Å²) >= 11 is 0. The first-order valence-corrected chi connectivity index (χ1v) is 3.03. The number of carbonyl (C=O) groups is 1. The molecule has 0 aromatic rings. The quantitative estimate of drug-likeness (QED) is 0.571. The van der Waals surface area contributed by atoms with Gasteiger partial charge in [-0.2, -0.15) is 0 Å². The molecule has 3 heteroatoms. The molecule has 2 N–H and O–H groups in total. The second-order valence-corrected chi connectivity index (χ2v) is 2.42. The Kier molecular flexibility index (Phi) is 3.09. The molecule has 0 spiro atoms. The number of hydrogen-bond acceptors (Lipinski definition) is 2. The third kappa shape index (κ3) is 2.19. The molecule has 0 aromatic heterocycles. The largest absolute Gasteiger partial charge is 0.481 e. The number of aliphatic hydroxyl groups excluding tert-OH is 1. The Labute approximate surface area is 60.0 Å². The molecule has 0 fully saturated rings. The fourth-order valence-corrected chi connectivity index (χ4v) is 0.562. The van der Waals surface area contributed by atoms with Crippen molar-refractivity contribution in [2.75, 3.05) is 0 Å². The lowest BCUT2D eigenvalue weighted by atomic mass is 10.0. The minimum absolute atomic E-state index is 0.481. The smallest absolute Gasteiger partial charge is 0.309 e. The summed E-state index contributed by atoms with van der Waals surface area (Å²) in [5.74, 6) is -1.77. The van der Waals surface area contributed by atoms with Gasteiger partial charge in [0.1, 0.15) is 0 Å². The first kappa shape index (κ1) is 9.17. The van der Waals surface area contributed by atoms with Gasteiger partial charge in [0.05, 0.1) is 12.0 Å². The lowest BCUT2D eigenvalue weighted by Crippen LogP contribution is -2.25. The highest BCUT2D eigenvalue weighted by Crippen LogP contribution is 2.09. The minimum Gasteiger partial charge on any atom is -0.481 e. The molecule has 0 unspecified atom stereocenters. The van der Waals surface area contributed by atoms with E-state index in [1.165, 1.54) is 6.92 Å². The van der Waals surface area contributed by atoms with Gasteiger partial charge in [-0.3, -0.25) is 4.79 Å². The van der Waals surface area contributed by atoms with Crippen molar-refractivity contribution in [1.82, 2.24) is 0 Å². The van der Waals surface area contributed by atoms with E-state index in [4.69, 9.17) is 10.2 Å². The highest BCUT2D eigenvalue weighted by Gasteiger charge is 2.20. The van der Waals surface area contributed by atoms with Crippen molar-refractivity contribution >= 4 is 5.97 Å². The average molecular weight is 144 g/mol. The van der Waals surface area contributed by atoms with Gasteiger partial charge in [0.25, 0.3) is 0 Å². The van der Waals surface area contributed by atoms with Crippen molar-refractivity contribution in [3.8, 4) is 0 Å². The van der Waals surface area contributed by atoms with Gasteiger partial charge in [0, 0.05) is 0 Å². The summed E-state index contributed by atoms with van der Waals surface area (Å²) in [4.78, 5) is 10.2. The van der Waals surface area contributed by atoms with Crippen LogP contribution in [-0.2, 0) is 4.79 Å². The Morgan fingerprint density at radius 1 is 1.60 bits per heavy atom. The van der Waals surface area contributed by atoms with Crippen molar-refractivity contribution in [3.63, 3.8) is 0 Å². The predicted octanol–water partition coefficient (Wildman–Crippen LogP) is 0.644. The van der Waals surface area contributed by atoms with Crippen molar-refractivity contribution < 1.29 is 15.0 Å². The van der Waals surface area contributed by atoms with E-state index in [-0.39, 0.29) is 0 Å². The van der Waals surface area contributed by atoms with Gasteiger partial charge in [0.15, 0.2) is 0 Å². The van der Waals surface area contributed by atoms with Gasteiger partial charge in [-0.1, -0.05) is 12.2 Å². The first-order chi connectivity index (χ1) is 4.46. The molecule has 3 nitrogen and oxygen atoms in total. The van der Waals surface area contributed by atoms with Gasteiger partial charge in [-0.05, 0) is 13.8 Å². The summed E-state index contributed by atoms with van der Waals surface area (Å²) in [6.45, 7) is 6.49. The molecule has 10 heavy (non-hydrogen) atoms. The number of carboxylic acid groups (broad SMARTS) is 1. The Hall–Kier alpha value is -0.830. The molecule has 0 aliphatic carbocycles. The molecule has 0 bridgehead atoms. The van der Waals surface area contributed by atoms with Gasteiger partial charge in [-0.25, -0.2) is 0 Å². The van der Waals surface area contributed by atoms with Gasteiger partial charge in [0.2, 0.25) is 0 Å². The third-order valence-corrected chi connectivity index (χ3v) is 1.37. The van der Waals surface area contributed by atoms with E-state index in [1.807, 2.05) is 0 Å². The molecule has 0 saturated carbocycles. The zero-order chi connectivity index (χ0) is 8.31. The molecule has 0 amide bonds. The van der Waals surface area contributed by atoms with Crippen LogP contribution in [0.5, 0.6) is 0 Å². The predicted molar refractivity (Wildman–Crippen MR) is 37.6 cm³/mol. The summed E-state index contributed by atoms with van der Waals surface area (Å²) in [6, 6.07) is 0. The van der Waals surface area contributed by atoms with E-state index in [0.29, 0.717) is 5.57 Å². The van der Waals surface area contributed by atoms with Crippen molar-refractivity contribution in [2.24, 2.45) is 5.92 Å². The van der Waals surface area contributed by atoms with Crippen molar-refractivity contribution in [1.29, 1.82) is 0 Å². The first-order valence-electron chi connectivity index (χ1n) is 3.03. The van der Waals surface area contributed by atoms with Crippen LogP contribution in [0.3, 0.4) is 0 Å². The molecule has 0 aromatic carbocycles. The normalized spacial score (nSPS) is 15.9. The van der Waals surface area contributed by atoms with E-state index in [2.05, 4.69) is 6.58 Å². The molecule has 0 aliphatic heterocycles. The maximum absolute atomic E-state index is 10.2. The molecule has 58 valence electrons. The Morgan fingerprint density at radius 3 is 2.10 bits per heavy atom.